The van der Waals surface area contributed by atoms with E-state index in [0.717, 1.165) is 64.7 Å². The standard InChI is InChI=1S/C24H37N3O2/c1-26-15-7-3-6-10-22(26)23(28)25-18-21-11-12-24(29-21)13-16-27(17-14-24)19-20-8-4-2-5-9-20/h2,4-5,8-9,21-22H,3,6-7,10-19H2,1H3,(H,25,28). The molecule has 5 heteroatoms. The molecule has 3 aliphatic heterocycles. The number of benzene rings is 1. The fourth-order valence-corrected chi connectivity index (χ4v) is 5.28. The van der Waals surface area contributed by atoms with Crippen LogP contribution in [0, 0.1) is 0 Å². The lowest BCUT2D eigenvalue weighted by atomic mass is 9.88. The monoisotopic (exact) mass is 399 g/mol. The van der Waals surface area contributed by atoms with E-state index in [2.05, 4.69) is 52.5 Å². The zero-order valence-electron chi connectivity index (χ0n) is 17.9. The molecule has 4 rings (SSSR count). The first-order valence-corrected chi connectivity index (χ1v) is 11.6. The lowest BCUT2D eigenvalue weighted by Crippen LogP contribution is -2.47. The maximum absolute atomic E-state index is 12.7. The van der Waals surface area contributed by atoms with Gasteiger partial charge in [0.05, 0.1) is 17.7 Å². The van der Waals surface area contributed by atoms with E-state index in [-0.39, 0.29) is 23.7 Å². The normalized spacial score (nSPS) is 28.3. The van der Waals surface area contributed by atoms with Gasteiger partial charge in [-0.2, -0.15) is 0 Å². The fourth-order valence-electron chi connectivity index (χ4n) is 5.28. The van der Waals surface area contributed by atoms with Crippen molar-refractivity contribution in [1.82, 2.24) is 15.1 Å². The van der Waals surface area contributed by atoms with Crippen molar-refractivity contribution in [2.75, 3.05) is 33.2 Å². The Morgan fingerprint density at radius 3 is 2.66 bits per heavy atom. The maximum Gasteiger partial charge on any atom is 0.237 e. The molecule has 3 fully saturated rings. The predicted octanol–water partition coefficient (Wildman–Crippen LogP) is 3.19. The van der Waals surface area contributed by atoms with Gasteiger partial charge in [-0.25, -0.2) is 0 Å². The van der Waals surface area contributed by atoms with Crippen LogP contribution in [0.5, 0.6) is 0 Å². The SMILES string of the molecule is CN1CCCCCC1C(=O)NCC1CCC2(CCN(Cc3ccccc3)CC2)O1. The summed E-state index contributed by atoms with van der Waals surface area (Å²) in [5, 5.41) is 3.20. The van der Waals surface area contributed by atoms with Gasteiger partial charge in [0.1, 0.15) is 0 Å². The Balaban J connectivity index is 1.21. The Hall–Kier alpha value is -1.43. The molecule has 29 heavy (non-hydrogen) atoms. The number of rotatable bonds is 5. The third kappa shape index (κ3) is 5.39. The zero-order chi connectivity index (χ0) is 20.1. The smallest absolute Gasteiger partial charge is 0.237 e. The summed E-state index contributed by atoms with van der Waals surface area (Å²) in [6.45, 7) is 4.92. The summed E-state index contributed by atoms with van der Waals surface area (Å²) in [4.78, 5) is 17.5. The van der Waals surface area contributed by atoms with E-state index < -0.39 is 0 Å². The molecular formula is C24H37N3O2. The van der Waals surface area contributed by atoms with Crippen LogP contribution in [0.3, 0.4) is 0 Å². The largest absolute Gasteiger partial charge is 0.370 e. The molecule has 1 aromatic carbocycles. The lowest BCUT2D eigenvalue weighted by Gasteiger charge is -2.39. The van der Waals surface area contributed by atoms with E-state index in [9.17, 15) is 4.79 Å². The van der Waals surface area contributed by atoms with Crippen LogP contribution in [0.4, 0.5) is 0 Å². The van der Waals surface area contributed by atoms with Crippen molar-refractivity contribution < 1.29 is 9.53 Å². The number of nitrogens with zero attached hydrogens (tertiary/aromatic N) is 2. The first kappa shape index (κ1) is 20.8. The summed E-state index contributed by atoms with van der Waals surface area (Å²) in [6, 6.07) is 10.8. The van der Waals surface area contributed by atoms with Crippen LogP contribution < -0.4 is 5.32 Å². The van der Waals surface area contributed by atoms with Crippen molar-refractivity contribution in [2.45, 2.75) is 75.7 Å². The molecule has 3 heterocycles. The summed E-state index contributed by atoms with van der Waals surface area (Å²) in [7, 11) is 2.08. The number of piperidine rings is 1. The van der Waals surface area contributed by atoms with E-state index >= 15 is 0 Å². The highest BCUT2D eigenvalue weighted by Gasteiger charge is 2.42. The molecule has 3 aliphatic rings. The molecule has 160 valence electrons. The number of amides is 1. The highest BCUT2D eigenvalue weighted by molar-refractivity contribution is 5.81. The minimum absolute atomic E-state index is 0.0362. The minimum Gasteiger partial charge on any atom is -0.370 e. The molecule has 0 radical (unpaired) electrons. The van der Waals surface area contributed by atoms with Crippen LogP contribution >= 0.6 is 0 Å². The van der Waals surface area contributed by atoms with Crippen LogP contribution in [0.25, 0.3) is 0 Å². The second-order valence-corrected chi connectivity index (χ2v) is 9.31. The van der Waals surface area contributed by atoms with E-state index in [1.807, 2.05) is 0 Å². The highest BCUT2D eigenvalue weighted by atomic mass is 16.5. The molecule has 1 spiro atoms. The Bertz CT molecular complexity index is 657. The van der Waals surface area contributed by atoms with E-state index in [1.165, 1.54) is 18.4 Å². The molecule has 2 atom stereocenters. The first-order chi connectivity index (χ1) is 14.1. The van der Waals surface area contributed by atoms with Crippen molar-refractivity contribution in [1.29, 1.82) is 0 Å². The van der Waals surface area contributed by atoms with Gasteiger partial charge in [-0.3, -0.25) is 14.6 Å². The Kier molecular flexibility index (Phi) is 6.88. The number of nitrogens with one attached hydrogen (secondary N) is 1. The van der Waals surface area contributed by atoms with Gasteiger partial charge < -0.3 is 10.1 Å². The quantitative estimate of drug-likeness (QED) is 0.826. The fraction of sp³-hybridized carbons (Fsp3) is 0.708. The first-order valence-electron chi connectivity index (χ1n) is 11.6. The van der Waals surface area contributed by atoms with Gasteiger partial charge in [-0.05, 0) is 57.7 Å². The molecular weight excluding hydrogens is 362 g/mol. The van der Waals surface area contributed by atoms with Crippen LogP contribution in [0.15, 0.2) is 30.3 Å². The lowest BCUT2D eigenvalue weighted by molar-refractivity contribution is -0.127. The highest BCUT2D eigenvalue weighted by Crippen LogP contribution is 2.39. The topological polar surface area (TPSA) is 44.8 Å². The molecule has 2 unspecified atom stereocenters. The minimum atomic E-state index is 0.0362. The van der Waals surface area contributed by atoms with Gasteiger partial charge in [0.25, 0.3) is 0 Å². The van der Waals surface area contributed by atoms with E-state index in [4.69, 9.17) is 4.74 Å². The van der Waals surface area contributed by atoms with Gasteiger partial charge in [0, 0.05) is 26.2 Å². The Labute approximate surface area is 175 Å². The zero-order valence-corrected chi connectivity index (χ0v) is 17.9. The molecule has 0 aliphatic carbocycles. The van der Waals surface area contributed by atoms with E-state index in [0.29, 0.717) is 6.54 Å². The van der Waals surface area contributed by atoms with Crippen molar-refractivity contribution >= 4 is 5.91 Å². The summed E-state index contributed by atoms with van der Waals surface area (Å²) in [5.41, 5.74) is 1.43. The molecule has 1 amide bonds. The number of carbonyl (C=O) groups excluding carboxylic acids is 1. The van der Waals surface area contributed by atoms with Crippen LogP contribution in [-0.4, -0.2) is 66.7 Å². The molecule has 5 nitrogen and oxygen atoms in total. The molecule has 3 saturated heterocycles. The number of carbonyl (C=O) groups is 1. The third-order valence-corrected chi connectivity index (χ3v) is 7.18. The average Bonchev–Trinajstić information content (AvgIpc) is 3.00. The molecule has 0 saturated carbocycles. The van der Waals surface area contributed by atoms with Gasteiger partial charge in [0.15, 0.2) is 0 Å². The van der Waals surface area contributed by atoms with Gasteiger partial charge in [-0.1, -0.05) is 43.2 Å². The summed E-state index contributed by atoms with van der Waals surface area (Å²) < 4.78 is 6.52. The van der Waals surface area contributed by atoms with Gasteiger partial charge >= 0.3 is 0 Å². The van der Waals surface area contributed by atoms with Crippen molar-refractivity contribution in [3.8, 4) is 0 Å². The third-order valence-electron chi connectivity index (χ3n) is 7.18. The van der Waals surface area contributed by atoms with Gasteiger partial charge in [0.2, 0.25) is 5.91 Å². The number of likely N-dealkylation sites (N-methyl/N-ethyl adjacent to an activating group) is 1. The summed E-state index contributed by atoms with van der Waals surface area (Å²) in [6.07, 6.45) is 9.18. The van der Waals surface area contributed by atoms with Crippen molar-refractivity contribution in [3.63, 3.8) is 0 Å². The van der Waals surface area contributed by atoms with Crippen molar-refractivity contribution in [2.24, 2.45) is 0 Å². The number of likely N-dealkylation sites (tertiary alicyclic amines) is 2. The van der Waals surface area contributed by atoms with Crippen molar-refractivity contribution in [3.05, 3.63) is 35.9 Å². The molecule has 0 bridgehead atoms. The molecule has 1 aromatic rings. The Morgan fingerprint density at radius 2 is 1.86 bits per heavy atom. The number of ether oxygens (including phenoxy) is 1. The predicted molar refractivity (Wildman–Crippen MR) is 116 cm³/mol. The second-order valence-electron chi connectivity index (χ2n) is 9.31. The number of hydrogen-bond donors (Lipinski definition) is 1. The summed E-state index contributed by atoms with van der Waals surface area (Å²) in [5.74, 6) is 0.191. The summed E-state index contributed by atoms with van der Waals surface area (Å²) >= 11 is 0. The van der Waals surface area contributed by atoms with Gasteiger partial charge in [-0.15, -0.1) is 0 Å². The van der Waals surface area contributed by atoms with Crippen LogP contribution in [0.2, 0.25) is 0 Å². The van der Waals surface area contributed by atoms with Crippen LogP contribution in [0.1, 0.15) is 56.9 Å². The Morgan fingerprint density at radius 1 is 1.07 bits per heavy atom. The molecule has 1 N–H and O–H groups in total. The number of hydrogen-bond acceptors (Lipinski definition) is 4. The average molecular weight is 400 g/mol. The molecule has 0 aromatic heterocycles. The van der Waals surface area contributed by atoms with Crippen LogP contribution in [-0.2, 0) is 16.1 Å². The maximum atomic E-state index is 12.7. The van der Waals surface area contributed by atoms with E-state index in [1.54, 1.807) is 0 Å². The second kappa shape index (κ2) is 9.59.